The molecule has 0 unspecified atom stereocenters. The Morgan fingerprint density at radius 2 is 1.88 bits per heavy atom. The van der Waals surface area contributed by atoms with Crippen LogP contribution >= 0.6 is 11.8 Å². The lowest BCUT2D eigenvalue weighted by Crippen LogP contribution is -2.35. The lowest BCUT2D eigenvalue weighted by atomic mass is 10.1. The van der Waals surface area contributed by atoms with E-state index in [1.54, 1.807) is 12.1 Å². The van der Waals surface area contributed by atoms with Crippen LogP contribution in [0.3, 0.4) is 0 Å². The van der Waals surface area contributed by atoms with Gasteiger partial charge in [0.05, 0.1) is 0 Å². The molecule has 17 heavy (non-hydrogen) atoms. The quantitative estimate of drug-likeness (QED) is 0.887. The second-order valence-electron chi connectivity index (χ2n) is 4.65. The summed E-state index contributed by atoms with van der Waals surface area (Å²) in [6.07, 6.45) is 3.83. The third-order valence-electron chi connectivity index (χ3n) is 3.21. The van der Waals surface area contributed by atoms with E-state index in [0.29, 0.717) is 5.75 Å². The molecule has 1 heterocycles. The molecule has 94 valence electrons. The molecule has 0 bridgehead atoms. The molecule has 0 aliphatic carbocycles. The highest BCUT2D eigenvalue weighted by molar-refractivity contribution is 8.00. The molecule has 2 nitrogen and oxygen atoms in total. The zero-order valence-corrected chi connectivity index (χ0v) is 11.2. The highest BCUT2D eigenvalue weighted by Crippen LogP contribution is 2.31. The molecule has 0 amide bonds. The molecule has 1 saturated heterocycles. The van der Waals surface area contributed by atoms with Crippen LogP contribution in [0.25, 0.3) is 0 Å². The number of hydrogen-bond acceptors (Lipinski definition) is 3. The number of likely N-dealkylation sites (tertiary alicyclic amines) is 1. The lowest BCUT2D eigenvalue weighted by Gasteiger charge is -2.31. The third-order valence-corrected chi connectivity index (χ3v) is 4.56. The van der Waals surface area contributed by atoms with Gasteiger partial charge in [0.2, 0.25) is 0 Å². The van der Waals surface area contributed by atoms with Gasteiger partial charge in [-0.25, -0.2) is 0 Å². The van der Waals surface area contributed by atoms with Crippen LogP contribution in [0.1, 0.15) is 26.2 Å². The zero-order chi connectivity index (χ0) is 12.1. The first kappa shape index (κ1) is 12.8. The Bertz CT molecular complexity index is 331. The van der Waals surface area contributed by atoms with E-state index in [0.717, 1.165) is 5.25 Å². The van der Waals surface area contributed by atoms with Gasteiger partial charge in [-0.3, -0.25) is 0 Å². The van der Waals surface area contributed by atoms with Crippen molar-refractivity contribution in [3.63, 3.8) is 0 Å². The summed E-state index contributed by atoms with van der Waals surface area (Å²) in [5.74, 6) is 0.354. The van der Waals surface area contributed by atoms with Crippen LogP contribution in [0, 0.1) is 0 Å². The molecule has 0 aromatic heterocycles. The van der Waals surface area contributed by atoms with Gasteiger partial charge in [-0.2, -0.15) is 0 Å². The number of hydrogen-bond donors (Lipinski definition) is 1. The highest BCUT2D eigenvalue weighted by atomic mass is 32.2. The molecular formula is C14H21NOS. The summed E-state index contributed by atoms with van der Waals surface area (Å²) in [6, 6.07) is 7.57. The van der Waals surface area contributed by atoms with Crippen molar-refractivity contribution in [2.75, 3.05) is 19.6 Å². The van der Waals surface area contributed by atoms with Crippen molar-refractivity contribution in [1.29, 1.82) is 0 Å². The first-order valence-electron chi connectivity index (χ1n) is 6.46. The van der Waals surface area contributed by atoms with E-state index < -0.39 is 0 Å². The van der Waals surface area contributed by atoms with E-state index in [1.807, 2.05) is 23.9 Å². The number of piperidine rings is 1. The van der Waals surface area contributed by atoms with Gasteiger partial charge >= 0.3 is 0 Å². The molecule has 3 heteroatoms. The van der Waals surface area contributed by atoms with E-state index in [-0.39, 0.29) is 0 Å². The summed E-state index contributed by atoms with van der Waals surface area (Å²) in [5.41, 5.74) is 0. The number of benzene rings is 1. The first-order chi connectivity index (χ1) is 8.28. The topological polar surface area (TPSA) is 23.5 Å². The summed E-state index contributed by atoms with van der Waals surface area (Å²) in [5, 5.41) is 9.98. The van der Waals surface area contributed by atoms with Crippen LogP contribution in [-0.4, -0.2) is 34.9 Å². The van der Waals surface area contributed by atoms with Crippen molar-refractivity contribution in [3.05, 3.63) is 24.3 Å². The summed E-state index contributed by atoms with van der Waals surface area (Å²) in [7, 11) is 0. The van der Waals surface area contributed by atoms with Gasteiger partial charge in [-0.05, 0) is 63.2 Å². The van der Waals surface area contributed by atoms with Crippen LogP contribution in [-0.2, 0) is 0 Å². The molecule has 0 spiro atoms. The molecule has 1 N–H and O–H groups in total. The molecule has 2 rings (SSSR count). The molecule has 1 fully saturated rings. The average Bonchev–Trinajstić information content (AvgIpc) is 2.35. The number of phenolic OH excluding ortho intramolecular Hbond substituents is 1. The van der Waals surface area contributed by atoms with Crippen LogP contribution in [0.5, 0.6) is 5.75 Å². The molecule has 0 atom stereocenters. The van der Waals surface area contributed by atoms with E-state index in [9.17, 15) is 5.11 Å². The van der Waals surface area contributed by atoms with Crippen LogP contribution in [0.2, 0.25) is 0 Å². The second kappa shape index (κ2) is 6.31. The van der Waals surface area contributed by atoms with Gasteiger partial charge < -0.3 is 10.0 Å². The predicted molar refractivity (Wildman–Crippen MR) is 73.7 cm³/mol. The van der Waals surface area contributed by atoms with Gasteiger partial charge in [0.15, 0.2) is 0 Å². The van der Waals surface area contributed by atoms with E-state index >= 15 is 0 Å². The maximum atomic E-state index is 9.24. The van der Waals surface area contributed by atoms with Gasteiger partial charge in [-0.15, -0.1) is 11.8 Å². The van der Waals surface area contributed by atoms with Gasteiger partial charge in [0.25, 0.3) is 0 Å². The first-order valence-corrected chi connectivity index (χ1v) is 7.34. The molecule has 1 aromatic carbocycles. The predicted octanol–water partition coefficient (Wildman–Crippen LogP) is 3.36. The van der Waals surface area contributed by atoms with Gasteiger partial charge in [0.1, 0.15) is 5.75 Å². The van der Waals surface area contributed by atoms with Gasteiger partial charge in [-0.1, -0.05) is 6.92 Å². The normalized spacial score (nSPS) is 18.4. The maximum Gasteiger partial charge on any atom is 0.115 e. The van der Waals surface area contributed by atoms with E-state index in [4.69, 9.17) is 0 Å². The average molecular weight is 251 g/mol. The van der Waals surface area contributed by atoms with Crippen molar-refractivity contribution in [2.45, 2.75) is 36.3 Å². The Kier molecular flexibility index (Phi) is 4.75. The van der Waals surface area contributed by atoms with Gasteiger partial charge in [0, 0.05) is 10.1 Å². The standard InChI is InChI=1S/C14H21NOS/c1-2-9-15-10-7-14(8-11-15)17-13-5-3-12(16)4-6-13/h3-6,14,16H,2,7-11H2,1H3. The van der Waals surface area contributed by atoms with Crippen molar-refractivity contribution in [2.24, 2.45) is 0 Å². The van der Waals surface area contributed by atoms with E-state index in [2.05, 4.69) is 11.8 Å². The van der Waals surface area contributed by atoms with Crippen LogP contribution in [0.15, 0.2) is 29.2 Å². The minimum atomic E-state index is 0.354. The molecule has 1 aliphatic rings. The summed E-state index contributed by atoms with van der Waals surface area (Å²) in [4.78, 5) is 3.84. The second-order valence-corrected chi connectivity index (χ2v) is 6.03. The number of nitrogens with zero attached hydrogens (tertiary/aromatic N) is 1. The number of rotatable bonds is 4. The maximum absolute atomic E-state index is 9.24. The van der Waals surface area contributed by atoms with Crippen molar-refractivity contribution in [3.8, 4) is 5.75 Å². The largest absolute Gasteiger partial charge is 0.508 e. The molecular weight excluding hydrogens is 230 g/mol. The Labute approximate surface area is 108 Å². The van der Waals surface area contributed by atoms with E-state index in [1.165, 1.54) is 43.8 Å². The summed E-state index contributed by atoms with van der Waals surface area (Å²) < 4.78 is 0. The molecule has 1 aromatic rings. The minimum absolute atomic E-state index is 0.354. The van der Waals surface area contributed by atoms with Crippen molar-refractivity contribution in [1.82, 2.24) is 4.90 Å². The molecule has 0 radical (unpaired) electrons. The van der Waals surface area contributed by atoms with Crippen LogP contribution < -0.4 is 0 Å². The Morgan fingerprint density at radius 3 is 2.47 bits per heavy atom. The zero-order valence-electron chi connectivity index (χ0n) is 10.4. The molecule has 1 aliphatic heterocycles. The summed E-state index contributed by atoms with van der Waals surface area (Å²) in [6.45, 7) is 5.97. The summed E-state index contributed by atoms with van der Waals surface area (Å²) >= 11 is 1.96. The lowest BCUT2D eigenvalue weighted by molar-refractivity contribution is 0.233. The van der Waals surface area contributed by atoms with Crippen molar-refractivity contribution >= 4 is 11.8 Å². The SMILES string of the molecule is CCCN1CCC(Sc2ccc(O)cc2)CC1. The minimum Gasteiger partial charge on any atom is -0.508 e. The number of phenols is 1. The van der Waals surface area contributed by atoms with Crippen molar-refractivity contribution < 1.29 is 5.11 Å². The third kappa shape index (κ3) is 3.93. The fraction of sp³-hybridized carbons (Fsp3) is 0.571. The fourth-order valence-electron chi connectivity index (χ4n) is 2.28. The Morgan fingerprint density at radius 1 is 1.24 bits per heavy atom. The Hall–Kier alpha value is -0.670. The number of thioether (sulfide) groups is 1. The Balaban J connectivity index is 1.79. The number of aromatic hydroxyl groups is 1. The molecule has 0 saturated carbocycles. The highest BCUT2D eigenvalue weighted by Gasteiger charge is 2.19. The fourth-order valence-corrected chi connectivity index (χ4v) is 3.41. The monoisotopic (exact) mass is 251 g/mol. The smallest absolute Gasteiger partial charge is 0.115 e. The van der Waals surface area contributed by atoms with Crippen LogP contribution in [0.4, 0.5) is 0 Å².